The summed E-state index contributed by atoms with van der Waals surface area (Å²) in [6, 6.07) is 11.6. The summed E-state index contributed by atoms with van der Waals surface area (Å²) >= 11 is 3.28. The Morgan fingerprint density at radius 3 is 2.63 bits per heavy atom. The molecule has 0 saturated heterocycles. The maximum atomic E-state index is 12.1. The van der Waals surface area contributed by atoms with Crippen molar-refractivity contribution in [3.05, 3.63) is 63.9 Å². The number of pyridine rings is 1. The zero-order valence-corrected chi connectivity index (χ0v) is 12.3. The fourth-order valence-electron chi connectivity index (χ4n) is 1.90. The van der Waals surface area contributed by atoms with Crippen LogP contribution in [0.3, 0.4) is 0 Å². The fourth-order valence-corrected chi connectivity index (χ4v) is 2.33. The van der Waals surface area contributed by atoms with Gasteiger partial charge in [-0.05, 0) is 45.6 Å². The van der Waals surface area contributed by atoms with Crippen molar-refractivity contribution >= 4 is 21.8 Å². The lowest BCUT2D eigenvalue weighted by molar-refractivity contribution is 0.0949. The minimum Gasteiger partial charge on any atom is -0.348 e. The SMILES string of the molecule is CCc1ccccc1CNC(=O)c1cccnc1Br. The minimum atomic E-state index is -0.120. The van der Waals surface area contributed by atoms with Gasteiger partial charge in [0.2, 0.25) is 0 Å². The predicted molar refractivity (Wildman–Crippen MR) is 78.9 cm³/mol. The lowest BCUT2D eigenvalue weighted by Crippen LogP contribution is -2.23. The summed E-state index contributed by atoms with van der Waals surface area (Å²) in [5.74, 6) is -0.120. The average molecular weight is 319 g/mol. The molecule has 3 nitrogen and oxygen atoms in total. The van der Waals surface area contributed by atoms with Gasteiger partial charge in [0.15, 0.2) is 0 Å². The lowest BCUT2D eigenvalue weighted by Gasteiger charge is -2.09. The van der Waals surface area contributed by atoms with Crippen molar-refractivity contribution in [3.8, 4) is 0 Å². The van der Waals surface area contributed by atoms with Crippen LogP contribution in [0, 0.1) is 0 Å². The Hall–Kier alpha value is -1.68. The monoisotopic (exact) mass is 318 g/mol. The van der Waals surface area contributed by atoms with Crippen LogP contribution in [0.1, 0.15) is 28.4 Å². The molecule has 0 bridgehead atoms. The van der Waals surface area contributed by atoms with E-state index in [9.17, 15) is 4.79 Å². The minimum absolute atomic E-state index is 0.120. The first-order valence-corrected chi connectivity index (χ1v) is 6.97. The van der Waals surface area contributed by atoms with E-state index < -0.39 is 0 Å². The van der Waals surface area contributed by atoms with Crippen molar-refractivity contribution in [2.45, 2.75) is 19.9 Å². The topological polar surface area (TPSA) is 42.0 Å². The van der Waals surface area contributed by atoms with Gasteiger partial charge in [-0.15, -0.1) is 0 Å². The first-order valence-electron chi connectivity index (χ1n) is 6.18. The van der Waals surface area contributed by atoms with E-state index in [0.29, 0.717) is 16.7 Å². The maximum Gasteiger partial charge on any atom is 0.254 e. The molecule has 4 heteroatoms. The van der Waals surface area contributed by atoms with Crippen LogP contribution in [0.15, 0.2) is 47.2 Å². The molecule has 2 aromatic rings. The molecule has 0 fully saturated rings. The second kappa shape index (κ2) is 6.48. The number of hydrogen-bond acceptors (Lipinski definition) is 2. The van der Waals surface area contributed by atoms with Crippen LogP contribution in [0.25, 0.3) is 0 Å². The number of amides is 1. The molecule has 19 heavy (non-hydrogen) atoms. The molecule has 0 aliphatic carbocycles. The number of halogens is 1. The summed E-state index contributed by atoms with van der Waals surface area (Å²) in [4.78, 5) is 16.1. The Kier molecular flexibility index (Phi) is 4.68. The van der Waals surface area contributed by atoms with Crippen LogP contribution in [-0.2, 0) is 13.0 Å². The zero-order chi connectivity index (χ0) is 13.7. The van der Waals surface area contributed by atoms with E-state index in [1.165, 1.54) is 5.56 Å². The van der Waals surface area contributed by atoms with E-state index in [1.807, 2.05) is 18.2 Å². The van der Waals surface area contributed by atoms with Gasteiger partial charge in [-0.25, -0.2) is 4.98 Å². The number of rotatable bonds is 4. The number of carbonyl (C=O) groups excluding carboxylic acids is 1. The van der Waals surface area contributed by atoms with Crippen LogP contribution >= 0.6 is 15.9 Å². The predicted octanol–water partition coefficient (Wildman–Crippen LogP) is 3.34. The molecule has 0 saturated carbocycles. The molecule has 0 aliphatic heterocycles. The zero-order valence-electron chi connectivity index (χ0n) is 10.7. The normalized spacial score (nSPS) is 10.2. The summed E-state index contributed by atoms with van der Waals surface area (Å²) in [5.41, 5.74) is 2.96. The van der Waals surface area contributed by atoms with Gasteiger partial charge in [0.25, 0.3) is 5.91 Å². The molecule has 1 amide bonds. The van der Waals surface area contributed by atoms with Crippen molar-refractivity contribution in [1.29, 1.82) is 0 Å². The summed E-state index contributed by atoms with van der Waals surface area (Å²) < 4.78 is 0.566. The van der Waals surface area contributed by atoms with Gasteiger partial charge >= 0.3 is 0 Å². The Labute approximate surface area is 121 Å². The molecule has 1 aromatic carbocycles. The van der Waals surface area contributed by atoms with Gasteiger partial charge in [-0.2, -0.15) is 0 Å². The van der Waals surface area contributed by atoms with E-state index in [-0.39, 0.29) is 5.91 Å². The third kappa shape index (κ3) is 3.41. The summed E-state index contributed by atoms with van der Waals surface area (Å²) in [6.45, 7) is 2.64. The molecule has 0 atom stereocenters. The highest BCUT2D eigenvalue weighted by molar-refractivity contribution is 9.10. The van der Waals surface area contributed by atoms with Crippen molar-refractivity contribution in [2.75, 3.05) is 0 Å². The fraction of sp³-hybridized carbons (Fsp3) is 0.200. The van der Waals surface area contributed by atoms with Gasteiger partial charge in [0.1, 0.15) is 4.60 Å². The number of aromatic nitrogens is 1. The summed E-state index contributed by atoms with van der Waals surface area (Å²) in [7, 11) is 0. The van der Waals surface area contributed by atoms with Gasteiger partial charge in [0, 0.05) is 12.7 Å². The van der Waals surface area contributed by atoms with Gasteiger partial charge < -0.3 is 5.32 Å². The molecule has 1 aromatic heterocycles. The first kappa shape index (κ1) is 13.7. The van der Waals surface area contributed by atoms with Gasteiger partial charge in [-0.3, -0.25) is 4.79 Å². The highest BCUT2D eigenvalue weighted by Crippen LogP contribution is 2.13. The molecule has 0 unspecified atom stereocenters. The van der Waals surface area contributed by atoms with Gasteiger partial charge in [-0.1, -0.05) is 31.2 Å². The number of carbonyl (C=O) groups is 1. The molecule has 2 rings (SSSR count). The summed E-state index contributed by atoms with van der Waals surface area (Å²) in [5, 5.41) is 2.92. The largest absolute Gasteiger partial charge is 0.348 e. The third-order valence-electron chi connectivity index (χ3n) is 2.94. The van der Waals surface area contributed by atoms with Crippen LogP contribution < -0.4 is 5.32 Å². The second-order valence-corrected chi connectivity index (χ2v) is 4.90. The molecule has 1 N–H and O–H groups in total. The average Bonchev–Trinajstić information content (AvgIpc) is 2.45. The van der Waals surface area contributed by atoms with E-state index in [2.05, 4.69) is 39.2 Å². The van der Waals surface area contributed by atoms with E-state index >= 15 is 0 Å². The Morgan fingerprint density at radius 2 is 1.95 bits per heavy atom. The smallest absolute Gasteiger partial charge is 0.254 e. The third-order valence-corrected chi connectivity index (χ3v) is 3.57. The molecular weight excluding hydrogens is 304 g/mol. The number of benzene rings is 1. The van der Waals surface area contributed by atoms with E-state index in [1.54, 1.807) is 18.3 Å². The van der Waals surface area contributed by atoms with Crippen LogP contribution in [-0.4, -0.2) is 10.9 Å². The Morgan fingerprint density at radius 1 is 1.21 bits per heavy atom. The lowest BCUT2D eigenvalue weighted by atomic mass is 10.1. The van der Waals surface area contributed by atoms with E-state index in [4.69, 9.17) is 0 Å². The molecule has 0 aliphatic rings. The van der Waals surface area contributed by atoms with E-state index in [0.717, 1.165) is 12.0 Å². The van der Waals surface area contributed by atoms with Crippen LogP contribution in [0.2, 0.25) is 0 Å². The Bertz CT molecular complexity index is 584. The molecule has 0 spiro atoms. The van der Waals surface area contributed by atoms with Crippen molar-refractivity contribution in [2.24, 2.45) is 0 Å². The Balaban J connectivity index is 2.07. The number of aryl methyl sites for hydroxylation is 1. The van der Waals surface area contributed by atoms with Crippen molar-refractivity contribution < 1.29 is 4.79 Å². The van der Waals surface area contributed by atoms with Crippen LogP contribution in [0.4, 0.5) is 0 Å². The molecule has 1 heterocycles. The molecular formula is C15H15BrN2O. The number of nitrogens with zero attached hydrogens (tertiary/aromatic N) is 1. The maximum absolute atomic E-state index is 12.1. The number of hydrogen-bond donors (Lipinski definition) is 1. The quantitative estimate of drug-likeness (QED) is 0.878. The highest BCUT2D eigenvalue weighted by Gasteiger charge is 2.10. The first-order chi connectivity index (χ1) is 9.22. The van der Waals surface area contributed by atoms with Gasteiger partial charge in [0.05, 0.1) is 5.56 Å². The summed E-state index contributed by atoms with van der Waals surface area (Å²) in [6.07, 6.45) is 2.61. The molecule has 0 radical (unpaired) electrons. The number of nitrogens with one attached hydrogen (secondary N) is 1. The second-order valence-electron chi connectivity index (χ2n) is 4.15. The standard InChI is InChI=1S/C15H15BrN2O/c1-2-11-6-3-4-7-12(11)10-18-15(19)13-8-5-9-17-14(13)16/h3-9H,2,10H2,1H3,(H,18,19). The van der Waals surface area contributed by atoms with Crippen molar-refractivity contribution in [3.63, 3.8) is 0 Å². The van der Waals surface area contributed by atoms with Crippen molar-refractivity contribution in [1.82, 2.24) is 10.3 Å². The van der Waals surface area contributed by atoms with Crippen LogP contribution in [0.5, 0.6) is 0 Å². The highest BCUT2D eigenvalue weighted by atomic mass is 79.9. The molecule has 98 valence electrons.